The van der Waals surface area contributed by atoms with E-state index < -0.39 is 10.0 Å². The molecule has 0 aliphatic carbocycles. The fourth-order valence-corrected chi connectivity index (χ4v) is 3.78. The van der Waals surface area contributed by atoms with Crippen LogP contribution in [-0.4, -0.2) is 33.7 Å². The van der Waals surface area contributed by atoms with Gasteiger partial charge in [-0.25, -0.2) is 12.8 Å². The lowest BCUT2D eigenvalue weighted by Gasteiger charge is -2.24. The summed E-state index contributed by atoms with van der Waals surface area (Å²) in [6.45, 7) is 4.11. The van der Waals surface area contributed by atoms with Crippen LogP contribution < -0.4 is 9.62 Å². The summed E-state index contributed by atoms with van der Waals surface area (Å²) < 4.78 is 39.2. The zero-order valence-corrected chi connectivity index (χ0v) is 16.6. The predicted octanol–water partition coefficient (Wildman–Crippen LogP) is 2.96. The van der Waals surface area contributed by atoms with Crippen molar-refractivity contribution in [3.8, 4) is 0 Å². The molecule has 0 heterocycles. The number of sulfonamides is 1. The topological polar surface area (TPSA) is 66.5 Å². The molecule has 0 atom stereocenters. The first kappa shape index (κ1) is 20.9. The molecular weight excluding hydrogens is 367 g/mol. The second-order valence-corrected chi connectivity index (χ2v) is 8.40. The molecule has 5 nitrogen and oxygen atoms in total. The highest BCUT2D eigenvalue weighted by atomic mass is 32.2. The van der Waals surface area contributed by atoms with Crippen LogP contribution >= 0.6 is 0 Å². The van der Waals surface area contributed by atoms with Gasteiger partial charge in [0.25, 0.3) is 0 Å². The lowest BCUT2D eigenvalue weighted by atomic mass is 10.1. The van der Waals surface area contributed by atoms with E-state index in [9.17, 15) is 17.6 Å². The summed E-state index contributed by atoms with van der Waals surface area (Å²) in [5, 5.41) is 2.72. The van der Waals surface area contributed by atoms with Crippen molar-refractivity contribution in [2.75, 3.05) is 23.7 Å². The number of carbonyl (C=O) groups is 1. The first-order chi connectivity index (χ1) is 12.7. The molecule has 0 aromatic heterocycles. The van der Waals surface area contributed by atoms with E-state index in [-0.39, 0.29) is 24.7 Å². The van der Waals surface area contributed by atoms with Gasteiger partial charge >= 0.3 is 0 Å². The van der Waals surface area contributed by atoms with E-state index in [0.717, 1.165) is 17.4 Å². The van der Waals surface area contributed by atoms with Gasteiger partial charge in [0.2, 0.25) is 15.9 Å². The fraction of sp³-hybridized carbons (Fsp3) is 0.350. The van der Waals surface area contributed by atoms with Crippen LogP contribution in [0.1, 0.15) is 23.1 Å². The number of hydrogen-bond acceptors (Lipinski definition) is 3. The Morgan fingerprint density at radius 3 is 2.48 bits per heavy atom. The number of nitrogens with one attached hydrogen (secondary N) is 1. The van der Waals surface area contributed by atoms with Crippen molar-refractivity contribution in [2.24, 2.45) is 0 Å². The largest absolute Gasteiger partial charge is 0.356 e. The van der Waals surface area contributed by atoms with Crippen molar-refractivity contribution in [1.82, 2.24) is 5.32 Å². The minimum absolute atomic E-state index is 0.0255. The Labute approximate surface area is 160 Å². The minimum Gasteiger partial charge on any atom is -0.356 e. The average molecular weight is 392 g/mol. The van der Waals surface area contributed by atoms with Gasteiger partial charge in [0, 0.05) is 19.5 Å². The third kappa shape index (κ3) is 5.79. The van der Waals surface area contributed by atoms with Crippen LogP contribution in [0.5, 0.6) is 0 Å². The molecule has 2 aromatic carbocycles. The molecule has 2 rings (SSSR count). The third-order valence-electron chi connectivity index (χ3n) is 4.46. The molecule has 27 heavy (non-hydrogen) atoms. The van der Waals surface area contributed by atoms with E-state index in [4.69, 9.17) is 0 Å². The number of aryl methyl sites for hydroxylation is 1. The van der Waals surface area contributed by atoms with Gasteiger partial charge in [-0.15, -0.1) is 0 Å². The van der Waals surface area contributed by atoms with Gasteiger partial charge in [0.15, 0.2) is 0 Å². The van der Waals surface area contributed by atoms with Crippen LogP contribution in [0.25, 0.3) is 0 Å². The van der Waals surface area contributed by atoms with Gasteiger partial charge in [0.1, 0.15) is 5.82 Å². The maximum atomic E-state index is 13.6. The zero-order chi connectivity index (χ0) is 20.0. The van der Waals surface area contributed by atoms with Gasteiger partial charge < -0.3 is 5.32 Å². The predicted molar refractivity (Wildman–Crippen MR) is 106 cm³/mol. The van der Waals surface area contributed by atoms with Crippen LogP contribution in [0.15, 0.2) is 42.5 Å². The molecule has 2 aromatic rings. The maximum absolute atomic E-state index is 13.6. The second kappa shape index (κ2) is 8.99. The van der Waals surface area contributed by atoms with E-state index in [1.807, 2.05) is 19.9 Å². The van der Waals surface area contributed by atoms with E-state index in [0.29, 0.717) is 24.2 Å². The van der Waals surface area contributed by atoms with Crippen LogP contribution in [0.4, 0.5) is 10.1 Å². The number of halogens is 1. The molecule has 0 fully saturated rings. The number of amides is 1. The number of benzene rings is 2. The number of carbonyl (C=O) groups excluding carboxylic acids is 1. The molecule has 0 saturated heterocycles. The highest BCUT2D eigenvalue weighted by Gasteiger charge is 2.20. The molecule has 0 bridgehead atoms. The molecule has 1 amide bonds. The quantitative estimate of drug-likeness (QED) is 0.751. The standard InChI is InChI=1S/C20H25FN2O3S/c1-15-7-6-10-19(16(15)2)23(27(3,25)26)14-12-20(24)22-13-11-17-8-4-5-9-18(17)21/h4-10H,11-14H2,1-3H3,(H,22,24). The Kier molecular flexibility index (Phi) is 6.96. The Balaban J connectivity index is 1.96. The Morgan fingerprint density at radius 2 is 1.81 bits per heavy atom. The van der Waals surface area contributed by atoms with Gasteiger partial charge in [-0.1, -0.05) is 30.3 Å². The summed E-state index contributed by atoms with van der Waals surface area (Å²) in [5.41, 5.74) is 2.96. The molecule has 0 aliphatic heterocycles. The second-order valence-electron chi connectivity index (χ2n) is 6.50. The molecule has 0 spiro atoms. The zero-order valence-electron chi connectivity index (χ0n) is 15.8. The van der Waals surface area contributed by atoms with Crippen molar-refractivity contribution < 1.29 is 17.6 Å². The van der Waals surface area contributed by atoms with Crippen molar-refractivity contribution >= 4 is 21.6 Å². The Morgan fingerprint density at radius 1 is 1.11 bits per heavy atom. The SMILES string of the molecule is Cc1cccc(N(CCC(=O)NCCc2ccccc2F)S(C)(=O)=O)c1C. The summed E-state index contributed by atoms with van der Waals surface area (Å²) in [6.07, 6.45) is 1.54. The monoisotopic (exact) mass is 392 g/mol. The molecule has 0 saturated carbocycles. The Bertz CT molecular complexity index is 913. The molecule has 0 aliphatic rings. The average Bonchev–Trinajstić information content (AvgIpc) is 2.59. The van der Waals surface area contributed by atoms with Crippen LogP contribution in [-0.2, 0) is 21.2 Å². The third-order valence-corrected chi connectivity index (χ3v) is 5.64. The highest BCUT2D eigenvalue weighted by molar-refractivity contribution is 7.92. The number of hydrogen-bond donors (Lipinski definition) is 1. The first-order valence-electron chi connectivity index (χ1n) is 8.74. The molecule has 0 unspecified atom stereocenters. The number of anilines is 1. The first-order valence-corrected chi connectivity index (χ1v) is 10.6. The summed E-state index contributed by atoms with van der Waals surface area (Å²) in [4.78, 5) is 12.1. The van der Waals surface area contributed by atoms with Gasteiger partial charge in [0.05, 0.1) is 11.9 Å². The molecule has 7 heteroatoms. The normalized spacial score (nSPS) is 11.3. The van der Waals surface area contributed by atoms with Gasteiger partial charge in [-0.05, 0) is 49.1 Å². The van der Waals surface area contributed by atoms with Crippen LogP contribution in [0.2, 0.25) is 0 Å². The fourth-order valence-electron chi connectivity index (χ4n) is 2.80. The van der Waals surface area contributed by atoms with Gasteiger partial charge in [-0.3, -0.25) is 9.10 Å². The minimum atomic E-state index is -3.52. The lowest BCUT2D eigenvalue weighted by molar-refractivity contribution is -0.120. The van der Waals surface area contributed by atoms with Crippen molar-refractivity contribution in [3.63, 3.8) is 0 Å². The summed E-state index contributed by atoms with van der Waals surface area (Å²) in [6, 6.07) is 11.9. The van der Waals surface area contributed by atoms with E-state index in [2.05, 4.69) is 5.32 Å². The highest BCUT2D eigenvalue weighted by Crippen LogP contribution is 2.25. The lowest BCUT2D eigenvalue weighted by Crippen LogP contribution is -2.35. The van der Waals surface area contributed by atoms with Crippen molar-refractivity contribution in [1.29, 1.82) is 0 Å². The van der Waals surface area contributed by atoms with Crippen molar-refractivity contribution in [3.05, 3.63) is 65.0 Å². The molecular formula is C20H25FN2O3S. The smallest absolute Gasteiger partial charge is 0.232 e. The van der Waals surface area contributed by atoms with Crippen molar-refractivity contribution in [2.45, 2.75) is 26.7 Å². The number of nitrogens with zero attached hydrogens (tertiary/aromatic N) is 1. The summed E-state index contributed by atoms with van der Waals surface area (Å²) in [7, 11) is -3.52. The Hall–Kier alpha value is -2.41. The van der Waals surface area contributed by atoms with Gasteiger partial charge in [-0.2, -0.15) is 0 Å². The van der Waals surface area contributed by atoms with Crippen LogP contribution in [0.3, 0.4) is 0 Å². The number of rotatable bonds is 8. The summed E-state index contributed by atoms with van der Waals surface area (Å²) in [5.74, 6) is -0.574. The van der Waals surface area contributed by atoms with E-state index >= 15 is 0 Å². The van der Waals surface area contributed by atoms with E-state index in [1.54, 1.807) is 30.3 Å². The molecule has 146 valence electrons. The molecule has 1 N–H and O–H groups in total. The van der Waals surface area contributed by atoms with E-state index in [1.165, 1.54) is 10.4 Å². The summed E-state index contributed by atoms with van der Waals surface area (Å²) >= 11 is 0. The van der Waals surface area contributed by atoms with Crippen LogP contribution in [0, 0.1) is 19.7 Å². The molecule has 0 radical (unpaired) electrons. The maximum Gasteiger partial charge on any atom is 0.232 e.